The van der Waals surface area contributed by atoms with E-state index in [0.717, 1.165) is 0 Å². The first kappa shape index (κ1) is 13.9. The number of carbonyl (C=O) groups excluding carboxylic acids is 2. The van der Waals surface area contributed by atoms with Crippen molar-refractivity contribution in [2.75, 3.05) is 5.32 Å². The summed E-state index contributed by atoms with van der Waals surface area (Å²) in [7, 11) is 0. The van der Waals surface area contributed by atoms with Gasteiger partial charge in [-0.2, -0.15) is 0 Å². The maximum Gasteiger partial charge on any atom is 0.328 e. The van der Waals surface area contributed by atoms with Crippen molar-refractivity contribution in [2.45, 2.75) is 5.92 Å². The molecule has 1 atom stereocenters. The zero-order valence-corrected chi connectivity index (χ0v) is 12.1. The fraction of sp³-hybridized carbons (Fsp3) is 0.0667. The number of carbonyl (C=O) groups is 2. The summed E-state index contributed by atoms with van der Waals surface area (Å²) < 4.78 is 5.07. The summed E-state index contributed by atoms with van der Waals surface area (Å²) in [6, 6.07) is 11.8. The van der Waals surface area contributed by atoms with Gasteiger partial charge in [-0.05, 0) is 18.2 Å². The van der Waals surface area contributed by atoms with Crippen molar-refractivity contribution in [1.29, 1.82) is 0 Å². The van der Waals surface area contributed by atoms with Gasteiger partial charge in [0.05, 0.1) is 10.0 Å². The Morgan fingerprint density at radius 1 is 1.10 bits per heavy atom. The van der Waals surface area contributed by atoms with Crippen LogP contribution in [0.15, 0.2) is 42.5 Å². The van der Waals surface area contributed by atoms with E-state index in [0.29, 0.717) is 11.3 Å². The maximum atomic E-state index is 12.3. The SMILES string of the molecule is O=C(Nc1ccccc1)C1C(=O)Oc2cc(Cl)c(Cl)cc21. The van der Waals surface area contributed by atoms with Gasteiger partial charge >= 0.3 is 5.97 Å². The van der Waals surface area contributed by atoms with Gasteiger partial charge in [-0.25, -0.2) is 0 Å². The summed E-state index contributed by atoms with van der Waals surface area (Å²) in [6.07, 6.45) is 0. The molecule has 1 amide bonds. The Balaban J connectivity index is 1.92. The van der Waals surface area contributed by atoms with Crippen molar-refractivity contribution < 1.29 is 14.3 Å². The summed E-state index contributed by atoms with van der Waals surface area (Å²) >= 11 is 11.8. The molecule has 0 saturated heterocycles. The first-order valence-electron chi connectivity index (χ1n) is 6.13. The van der Waals surface area contributed by atoms with Crippen molar-refractivity contribution in [3.05, 3.63) is 58.1 Å². The molecule has 1 unspecified atom stereocenters. The molecule has 21 heavy (non-hydrogen) atoms. The number of nitrogens with one attached hydrogen (secondary N) is 1. The monoisotopic (exact) mass is 321 g/mol. The minimum atomic E-state index is -1.05. The van der Waals surface area contributed by atoms with Crippen LogP contribution >= 0.6 is 23.2 Å². The number of amides is 1. The number of hydrogen-bond acceptors (Lipinski definition) is 3. The van der Waals surface area contributed by atoms with Crippen LogP contribution in [0.2, 0.25) is 10.0 Å². The van der Waals surface area contributed by atoms with Gasteiger partial charge in [-0.3, -0.25) is 9.59 Å². The predicted molar refractivity (Wildman–Crippen MR) is 79.9 cm³/mol. The quantitative estimate of drug-likeness (QED) is 0.522. The molecule has 1 heterocycles. The van der Waals surface area contributed by atoms with Crippen LogP contribution in [0.4, 0.5) is 5.69 Å². The van der Waals surface area contributed by atoms with Crippen molar-refractivity contribution in [2.24, 2.45) is 0 Å². The number of esters is 1. The second-order valence-electron chi connectivity index (χ2n) is 4.51. The Morgan fingerprint density at radius 3 is 2.48 bits per heavy atom. The van der Waals surface area contributed by atoms with Crippen molar-refractivity contribution in [3.8, 4) is 5.75 Å². The van der Waals surface area contributed by atoms with Crippen LogP contribution in [0.5, 0.6) is 5.75 Å². The van der Waals surface area contributed by atoms with Gasteiger partial charge in [0.15, 0.2) is 5.92 Å². The van der Waals surface area contributed by atoms with E-state index in [4.69, 9.17) is 27.9 Å². The van der Waals surface area contributed by atoms with Gasteiger partial charge in [0.25, 0.3) is 0 Å². The Morgan fingerprint density at radius 2 is 1.76 bits per heavy atom. The molecule has 0 aromatic heterocycles. The number of ether oxygens (including phenoxy) is 1. The van der Waals surface area contributed by atoms with Gasteiger partial charge in [-0.15, -0.1) is 0 Å². The van der Waals surface area contributed by atoms with Crippen LogP contribution in [0, 0.1) is 0 Å². The number of fused-ring (bicyclic) bond motifs is 1. The van der Waals surface area contributed by atoms with Crippen molar-refractivity contribution >= 4 is 40.8 Å². The number of halogens is 2. The highest BCUT2D eigenvalue weighted by Gasteiger charge is 2.39. The lowest BCUT2D eigenvalue weighted by atomic mass is 10.00. The number of rotatable bonds is 2. The molecule has 2 aromatic carbocycles. The zero-order valence-electron chi connectivity index (χ0n) is 10.6. The smallest absolute Gasteiger partial charge is 0.328 e. The first-order valence-corrected chi connectivity index (χ1v) is 6.88. The molecule has 0 fully saturated rings. The molecule has 3 rings (SSSR count). The molecule has 106 valence electrons. The molecular weight excluding hydrogens is 313 g/mol. The summed E-state index contributed by atoms with van der Waals surface area (Å²) in [4.78, 5) is 24.2. The van der Waals surface area contributed by atoms with Gasteiger partial charge in [0, 0.05) is 17.3 Å². The van der Waals surface area contributed by atoms with Gasteiger partial charge < -0.3 is 10.1 Å². The topological polar surface area (TPSA) is 55.4 Å². The lowest BCUT2D eigenvalue weighted by Gasteiger charge is -2.09. The molecule has 1 N–H and O–H groups in total. The molecule has 1 aliphatic heterocycles. The highest BCUT2D eigenvalue weighted by atomic mass is 35.5. The first-order chi connectivity index (χ1) is 10.1. The average Bonchev–Trinajstić information content (AvgIpc) is 2.75. The van der Waals surface area contributed by atoms with Crippen molar-refractivity contribution in [1.82, 2.24) is 0 Å². The van der Waals surface area contributed by atoms with Crippen LogP contribution in [0.3, 0.4) is 0 Å². The Bertz CT molecular complexity index is 731. The predicted octanol–water partition coefficient (Wildman–Crippen LogP) is 3.63. The molecule has 2 aromatic rings. The van der Waals surface area contributed by atoms with Crippen LogP contribution in [0.25, 0.3) is 0 Å². The number of hydrogen-bond donors (Lipinski definition) is 1. The Labute approximate surface area is 130 Å². The van der Waals surface area contributed by atoms with E-state index in [9.17, 15) is 9.59 Å². The second kappa shape index (κ2) is 5.39. The second-order valence-corrected chi connectivity index (χ2v) is 5.33. The minimum absolute atomic E-state index is 0.266. The van der Waals surface area contributed by atoms with E-state index in [1.807, 2.05) is 6.07 Å². The lowest BCUT2D eigenvalue weighted by Crippen LogP contribution is -2.26. The van der Waals surface area contributed by atoms with Gasteiger partial charge in [0.1, 0.15) is 5.75 Å². The number of benzene rings is 2. The van der Waals surface area contributed by atoms with E-state index < -0.39 is 17.8 Å². The zero-order chi connectivity index (χ0) is 15.0. The largest absolute Gasteiger partial charge is 0.425 e. The Kier molecular flexibility index (Phi) is 3.57. The molecular formula is C15H9Cl2NO3. The molecule has 4 nitrogen and oxygen atoms in total. The molecule has 0 radical (unpaired) electrons. The van der Waals surface area contributed by atoms with Crippen LogP contribution in [-0.4, -0.2) is 11.9 Å². The highest BCUT2D eigenvalue weighted by Crippen LogP contribution is 2.40. The van der Waals surface area contributed by atoms with Crippen LogP contribution < -0.4 is 10.1 Å². The van der Waals surface area contributed by atoms with Crippen LogP contribution in [-0.2, 0) is 9.59 Å². The molecule has 0 saturated carbocycles. The third kappa shape index (κ3) is 2.60. The van der Waals surface area contributed by atoms with Gasteiger partial charge in [0.2, 0.25) is 5.91 Å². The fourth-order valence-electron chi connectivity index (χ4n) is 2.14. The molecule has 6 heteroatoms. The van der Waals surface area contributed by atoms with E-state index in [2.05, 4.69) is 5.32 Å². The molecule has 1 aliphatic rings. The van der Waals surface area contributed by atoms with E-state index in [1.165, 1.54) is 12.1 Å². The van der Waals surface area contributed by atoms with E-state index in [-0.39, 0.29) is 15.8 Å². The van der Waals surface area contributed by atoms with E-state index >= 15 is 0 Å². The minimum Gasteiger partial charge on any atom is -0.425 e. The normalized spacial score (nSPS) is 16.3. The molecule has 0 spiro atoms. The fourth-order valence-corrected chi connectivity index (χ4v) is 2.46. The maximum absolute atomic E-state index is 12.3. The number of anilines is 1. The summed E-state index contributed by atoms with van der Waals surface area (Å²) in [6.45, 7) is 0. The van der Waals surface area contributed by atoms with E-state index in [1.54, 1.807) is 24.3 Å². The summed E-state index contributed by atoms with van der Waals surface area (Å²) in [5, 5.41) is 3.21. The lowest BCUT2D eigenvalue weighted by molar-refractivity contribution is -0.137. The third-order valence-corrected chi connectivity index (χ3v) is 3.84. The third-order valence-electron chi connectivity index (χ3n) is 3.11. The summed E-state index contributed by atoms with van der Waals surface area (Å²) in [5.41, 5.74) is 1.02. The molecule has 0 bridgehead atoms. The van der Waals surface area contributed by atoms with Crippen LogP contribution in [0.1, 0.15) is 11.5 Å². The highest BCUT2D eigenvalue weighted by molar-refractivity contribution is 6.42. The molecule has 0 aliphatic carbocycles. The number of para-hydroxylation sites is 1. The summed E-state index contributed by atoms with van der Waals surface area (Å²) in [5.74, 6) is -1.89. The average molecular weight is 322 g/mol. The van der Waals surface area contributed by atoms with Crippen molar-refractivity contribution in [3.63, 3.8) is 0 Å². The standard InChI is InChI=1S/C15H9Cl2NO3/c16-10-6-9-12(7-11(10)17)21-15(20)13(9)14(19)18-8-4-2-1-3-5-8/h1-7,13H,(H,18,19). The van der Waals surface area contributed by atoms with Gasteiger partial charge in [-0.1, -0.05) is 41.4 Å². The Hall–Kier alpha value is -2.04.